The number of sulfonamides is 1. The fraction of sp³-hybridized carbons (Fsp3) is 0.143. The number of hydrogen-bond acceptors (Lipinski definition) is 6. The van der Waals surface area contributed by atoms with Crippen LogP contribution < -0.4 is 9.21 Å². The number of aryl methyl sites for hydroxylation is 2. The summed E-state index contributed by atoms with van der Waals surface area (Å²) in [4.78, 5) is 20.1. The number of thiazole rings is 1. The van der Waals surface area contributed by atoms with Crippen LogP contribution in [0.1, 0.15) is 27.2 Å². The molecule has 0 aliphatic rings. The molecule has 0 saturated carbocycles. The minimum absolute atomic E-state index is 0.0964. The number of carbonyl (C=O) groups excluding carboxylic acids is 1. The number of hydrogen-bond donors (Lipinski definition) is 0. The normalized spacial score (nSPS) is 11.5. The fourth-order valence-corrected chi connectivity index (χ4v) is 6.33. The lowest BCUT2D eigenvalue weighted by Crippen LogP contribution is -2.30. The molecule has 2 heterocycles. The van der Waals surface area contributed by atoms with Crippen molar-refractivity contribution in [3.63, 3.8) is 0 Å². The Labute approximate surface area is 219 Å². The Hall–Kier alpha value is -3.95. The van der Waals surface area contributed by atoms with Crippen molar-refractivity contribution in [2.75, 3.05) is 16.3 Å². The van der Waals surface area contributed by atoms with Crippen molar-refractivity contribution < 1.29 is 17.6 Å². The number of nitrogens with zero attached hydrogens (tertiary/aromatic N) is 3. The van der Waals surface area contributed by atoms with Crippen LogP contribution in [0.2, 0.25) is 0 Å². The van der Waals surface area contributed by atoms with Gasteiger partial charge in [-0.25, -0.2) is 13.4 Å². The molecule has 188 valence electrons. The van der Waals surface area contributed by atoms with Crippen molar-refractivity contribution in [3.05, 3.63) is 108 Å². The summed E-state index contributed by atoms with van der Waals surface area (Å²) in [6, 6.07) is 22.5. The monoisotopic (exact) mass is 531 g/mol. The molecule has 0 aliphatic heterocycles. The maximum Gasteiger partial charge on any atom is 0.264 e. The summed E-state index contributed by atoms with van der Waals surface area (Å²) >= 11 is 1.44. The Bertz CT molecular complexity index is 1660. The highest BCUT2D eigenvalue weighted by Gasteiger charge is 2.25. The maximum absolute atomic E-state index is 13.7. The zero-order valence-corrected chi connectivity index (χ0v) is 22.2. The predicted molar refractivity (Wildman–Crippen MR) is 147 cm³/mol. The Balaban J connectivity index is 1.48. The van der Waals surface area contributed by atoms with Gasteiger partial charge in [-0.2, -0.15) is 0 Å². The van der Waals surface area contributed by atoms with Crippen LogP contribution in [-0.4, -0.2) is 26.4 Å². The first-order valence-electron chi connectivity index (χ1n) is 11.6. The van der Waals surface area contributed by atoms with Gasteiger partial charge in [-0.15, -0.1) is 0 Å². The summed E-state index contributed by atoms with van der Waals surface area (Å²) in [5.41, 5.74) is 3.93. The summed E-state index contributed by atoms with van der Waals surface area (Å²) in [6.45, 7) is 4.24. The number of para-hydroxylation sites is 1. The predicted octanol–water partition coefficient (Wildman–Crippen LogP) is 6.18. The lowest BCUT2D eigenvalue weighted by atomic mass is 10.1. The number of furan rings is 1. The van der Waals surface area contributed by atoms with E-state index in [0.717, 1.165) is 21.3 Å². The lowest BCUT2D eigenvalue weighted by Gasteiger charge is -2.21. The highest BCUT2D eigenvalue weighted by Crippen LogP contribution is 2.34. The third kappa shape index (κ3) is 4.87. The minimum Gasteiger partial charge on any atom is -0.467 e. The van der Waals surface area contributed by atoms with Gasteiger partial charge in [0.05, 0.1) is 33.6 Å². The zero-order valence-electron chi connectivity index (χ0n) is 20.6. The minimum atomic E-state index is -3.79. The van der Waals surface area contributed by atoms with Crippen LogP contribution in [0.5, 0.6) is 0 Å². The van der Waals surface area contributed by atoms with Gasteiger partial charge < -0.3 is 4.42 Å². The van der Waals surface area contributed by atoms with E-state index in [2.05, 4.69) is 6.07 Å². The van der Waals surface area contributed by atoms with Gasteiger partial charge in [0.25, 0.3) is 15.9 Å². The lowest BCUT2D eigenvalue weighted by molar-refractivity contribution is 0.0983. The molecule has 0 unspecified atom stereocenters. The van der Waals surface area contributed by atoms with Crippen molar-refractivity contribution in [2.24, 2.45) is 0 Å². The molecule has 0 fully saturated rings. The van der Waals surface area contributed by atoms with Gasteiger partial charge in [-0.3, -0.25) is 14.0 Å². The van der Waals surface area contributed by atoms with Crippen molar-refractivity contribution in [1.82, 2.24) is 4.98 Å². The summed E-state index contributed by atoms with van der Waals surface area (Å²) in [6.07, 6.45) is 1.56. The quantitative estimate of drug-likeness (QED) is 0.250. The highest BCUT2D eigenvalue weighted by molar-refractivity contribution is 7.92. The van der Waals surface area contributed by atoms with E-state index in [1.807, 2.05) is 26.0 Å². The van der Waals surface area contributed by atoms with Gasteiger partial charge in [0.2, 0.25) is 0 Å². The van der Waals surface area contributed by atoms with E-state index in [-0.39, 0.29) is 17.3 Å². The molecule has 5 rings (SSSR count). The molecule has 0 aliphatic carbocycles. The van der Waals surface area contributed by atoms with Crippen LogP contribution in [0.15, 0.2) is 94.4 Å². The highest BCUT2D eigenvalue weighted by atomic mass is 32.2. The molecule has 3 aromatic carbocycles. The molecule has 9 heteroatoms. The van der Waals surface area contributed by atoms with E-state index in [1.165, 1.54) is 47.0 Å². The molecule has 7 nitrogen and oxygen atoms in total. The molecular weight excluding hydrogens is 506 g/mol. The van der Waals surface area contributed by atoms with Gasteiger partial charge in [0, 0.05) is 12.6 Å². The molecular formula is C28H25N3O4S2. The van der Waals surface area contributed by atoms with Crippen LogP contribution in [0.3, 0.4) is 0 Å². The summed E-state index contributed by atoms with van der Waals surface area (Å²) in [5.74, 6) is 0.314. The Kier molecular flexibility index (Phi) is 6.57. The number of benzene rings is 3. The SMILES string of the molecule is Cc1cc(C)c2sc(N(Cc3ccco3)C(=O)c3ccc(S(=O)(=O)N(C)c4ccccc4)cc3)nc2c1. The number of amides is 1. The van der Waals surface area contributed by atoms with Gasteiger partial charge in [0.15, 0.2) is 5.13 Å². The van der Waals surface area contributed by atoms with E-state index in [9.17, 15) is 13.2 Å². The van der Waals surface area contributed by atoms with Crippen molar-refractivity contribution in [3.8, 4) is 0 Å². The average Bonchev–Trinajstić information content (AvgIpc) is 3.57. The fourth-order valence-electron chi connectivity index (χ4n) is 4.13. The van der Waals surface area contributed by atoms with Gasteiger partial charge >= 0.3 is 0 Å². The number of fused-ring (bicyclic) bond motifs is 1. The first kappa shape index (κ1) is 24.7. The largest absolute Gasteiger partial charge is 0.467 e. The van der Waals surface area contributed by atoms with Crippen LogP contribution in [0.4, 0.5) is 10.8 Å². The second-order valence-corrected chi connectivity index (χ2v) is 11.7. The smallest absolute Gasteiger partial charge is 0.264 e. The van der Waals surface area contributed by atoms with Gasteiger partial charge in [-0.05, 0) is 79.6 Å². The second-order valence-electron chi connectivity index (χ2n) is 8.73. The zero-order chi connectivity index (χ0) is 26.2. The second kappa shape index (κ2) is 9.84. The number of anilines is 2. The molecule has 37 heavy (non-hydrogen) atoms. The third-order valence-corrected chi connectivity index (χ3v) is 9.09. The number of rotatable bonds is 7. The molecule has 0 bridgehead atoms. The van der Waals surface area contributed by atoms with E-state index in [0.29, 0.717) is 22.1 Å². The van der Waals surface area contributed by atoms with E-state index >= 15 is 0 Å². The topological polar surface area (TPSA) is 83.7 Å². The van der Waals surface area contributed by atoms with Crippen LogP contribution >= 0.6 is 11.3 Å². The van der Waals surface area contributed by atoms with Gasteiger partial charge in [-0.1, -0.05) is 35.6 Å². The van der Waals surface area contributed by atoms with Crippen molar-refractivity contribution >= 4 is 48.3 Å². The Morgan fingerprint density at radius 3 is 2.38 bits per heavy atom. The first-order valence-corrected chi connectivity index (χ1v) is 13.9. The molecule has 1 amide bonds. The van der Waals surface area contributed by atoms with Crippen LogP contribution in [0.25, 0.3) is 10.2 Å². The average molecular weight is 532 g/mol. The molecule has 2 aromatic heterocycles. The third-order valence-electron chi connectivity index (χ3n) is 6.06. The first-order chi connectivity index (χ1) is 17.7. The Morgan fingerprint density at radius 2 is 1.70 bits per heavy atom. The summed E-state index contributed by atoms with van der Waals surface area (Å²) < 4.78 is 34.1. The summed E-state index contributed by atoms with van der Waals surface area (Å²) in [7, 11) is -2.29. The Morgan fingerprint density at radius 1 is 0.973 bits per heavy atom. The standard InChI is InChI=1S/C28H25N3O4S2/c1-19-16-20(2)26-25(17-19)29-28(36-26)31(18-23-10-7-15-35-23)27(32)21-11-13-24(14-12-21)37(33,34)30(3)22-8-5-4-6-9-22/h4-17H,18H2,1-3H3. The van der Waals surface area contributed by atoms with E-state index < -0.39 is 10.0 Å². The number of carbonyl (C=O) groups is 1. The van der Waals surface area contributed by atoms with E-state index in [1.54, 1.807) is 47.6 Å². The molecule has 0 spiro atoms. The van der Waals surface area contributed by atoms with Crippen molar-refractivity contribution in [2.45, 2.75) is 25.3 Å². The van der Waals surface area contributed by atoms with Gasteiger partial charge in [0.1, 0.15) is 5.76 Å². The maximum atomic E-state index is 13.7. The van der Waals surface area contributed by atoms with Crippen LogP contribution in [-0.2, 0) is 16.6 Å². The summed E-state index contributed by atoms with van der Waals surface area (Å²) in [5, 5.41) is 0.547. The molecule has 5 aromatic rings. The molecule has 0 radical (unpaired) electrons. The molecule has 0 N–H and O–H groups in total. The number of aromatic nitrogens is 1. The molecule has 0 saturated heterocycles. The molecule has 0 atom stereocenters. The van der Waals surface area contributed by atoms with E-state index in [4.69, 9.17) is 9.40 Å². The van der Waals surface area contributed by atoms with Crippen LogP contribution in [0, 0.1) is 13.8 Å². The van der Waals surface area contributed by atoms with Crippen molar-refractivity contribution in [1.29, 1.82) is 0 Å².